The van der Waals surface area contributed by atoms with Crippen molar-refractivity contribution in [1.29, 1.82) is 0 Å². The van der Waals surface area contributed by atoms with Crippen molar-refractivity contribution >= 4 is 11.6 Å². The molecule has 0 aromatic carbocycles. The molecular weight excluding hydrogens is 246 g/mol. The number of hydrogen-bond donors (Lipinski definition) is 0. The highest BCUT2D eigenvalue weighted by Gasteiger charge is 2.32. The van der Waals surface area contributed by atoms with Gasteiger partial charge in [0.25, 0.3) is 0 Å². The summed E-state index contributed by atoms with van der Waals surface area (Å²) in [6.07, 6.45) is 5.14. The molecule has 0 saturated heterocycles. The van der Waals surface area contributed by atoms with E-state index in [9.17, 15) is 0 Å². The Hall–Kier alpha value is -0.570. The zero-order valence-corrected chi connectivity index (χ0v) is 12.6. The zero-order valence-electron chi connectivity index (χ0n) is 11.9. The minimum absolute atomic E-state index is 0.375. The van der Waals surface area contributed by atoms with E-state index in [1.165, 1.54) is 25.7 Å². The molecule has 1 saturated carbocycles. The molecular formula is C14H24ClN3. The van der Waals surface area contributed by atoms with Gasteiger partial charge in [-0.15, -0.1) is 10.2 Å². The van der Waals surface area contributed by atoms with Crippen LogP contribution in [-0.2, 0) is 0 Å². The Morgan fingerprint density at radius 2 is 1.78 bits per heavy atom. The largest absolute Gasteiger partial charge is 0.298 e. The highest BCUT2D eigenvalue weighted by molar-refractivity contribution is 6.28. The Balaban J connectivity index is 2.36. The Labute approximate surface area is 115 Å². The maximum atomic E-state index is 6.28. The average molecular weight is 270 g/mol. The molecule has 0 spiro atoms. The molecule has 0 aliphatic heterocycles. The van der Waals surface area contributed by atoms with Crippen molar-refractivity contribution in [2.75, 3.05) is 0 Å². The summed E-state index contributed by atoms with van der Waals surface area (Å²) in [6, 6.07) is 0.485. The predicted octanol–water partition coefficient (Wildman–Crippen LogP) is 4.44. The minimum atomic E-state index is 0.375. The van der Waals surface area contributed by atoms with Crippen molar-refractivity contribution in [3.8, 4) is 0 Å². The normalized spacial score (nSPS) is 25.1. The molecule has 0 amide bonds. The Morgan fingerprint density at radius 1 is 1.11 bits per heavy atom. The first-order chi connectivity index (χ1) is 8.52. The van der Waals surface area contributed by atoms with Crippen LogP contribution in [0.3, 0.4) is 0 Å². The van der Waals surface area contributed by atoms with Crippen molar-refractivity contribution in [3.05, 3.63) is 11.1 Å². The van der Waals surface area contributed by atoms with E-state index >= 15 is 0 Å². The number of rotatable bonds is 3. The van der Waals surface area contributed by atoms with Gasteiger partial charge in [0.05, 0.1) is 0 Å². The Morgan fingerprint density at radius 3 is 2.39 bits per heavy atom. The van der Waals surface area contributed by atoms with Gasteiger partial charge in [0, 0.05) is 12.0 Å². The third-order valence-corrected chi connectivity index (χ3v) is 4.42. The monoisotopic (exact) mass is 269 g/mol. The number of aromatic nitrogens is 3. The van der Waals surface area contributed by atoms with Gasteiger partial charge in [0.15, 0.2) is 0 Å². The van der Waals surface area contributed by atoms with Gasteiger partial charge in [0.2, 0.25) is 5.28 Å². The molecule has 0 N–H and O–H groups in total. The Kier molecular flexibility index (Phi) is 4.31. The van der Waals surface area contributed by atoms with Crippen LogP contribution < -0.4 is 0 Å². The van der Waals surface area contributed by atoms with Gasteiger partial charge in [-0.05, 0) is 36.3 Å². The van der Waals surface area contributed by atoms with Crippen LogP contribution in [-0.4, -0.2) is 14.8 Å². The summed E-state index contributed by atoms with van der Waals surface area (Å²) < 4.78 is 2.20. The molecule has 0 bridgehead atoms. The molecule has 1 heterocycles. The topological polar surface area (TPSA) is 30.7 Å². The van der Waals surface area contributed by atoms with Gasteiger partial charge in [-0.3, -0.25) is 4.57 Å². The SMILES string of the molecule is CC(C)c1nnc(Cl)n1C1CCCCC1C(C)C. The van der Waals surface area contributed by atoms with E-state index in [2.05, 4.69) is 42.5 Å². The summed E-state index contributed by atoms with van der Waals surface area (Å²) in [4.78, 5) is 0. The minimum Gasteiger partial charge on any atom is -0.298 e. The summed E-state index contributed by atoms with van der Waals surface area (Å²) >= 11 is 6.28. The maximum absolute atomic E-state index is 6.28. The van der Waals surface area contributed by atoms with Gasteiger partial charge < -0.3 is 0 Å². The third kappa shape index (κ3) is 2.56. The second kappa shape index (κ2) is 5.60. The van der Waals surface area contributed by atoms with Crippen molar-refractivity contribution in [3.63, 3.8) is 0 Å². The smallest absolute Gasteiger partial charge is 0.225 e. The van der Waals surface area contributed by atoms with E-state index in [0.29, 0.717) is 29.1 Å². The van der Waals surface area contributed by atoms with Crippen molar-refractivity contribution in [2.45, 2.75) is 65.3 Å². The number of halogens is 1. The number of hydrogen-bond acceptors (Lipinski definition) is 2. The van der Waals surface area contributed by atoms with E-state index < -0.39 is 0 Å². The Bertz CT molecular complexity index is 398. The third-order valence-electron chi connectivity index (χ3n) is 4.17. The molecule has 3 nitrogen and oxygen atoms in total. The maximum Gasteiger partial charge on any atom is 0.225 e. The van der Waals surface area contributed by atoms with E-state index in [1.807, 2.05) is 0 Å². The molecule has 2 rings (SSSR count). The fourth-order valence-electron chi connectivity index (χ4n) is 3.22. The van der Waals surface area contributed by atoms with E-state index in [4.69, 9.17) is 11.6 Å². The summed E-state index contributed by atoms with van der Waals surface area (Å²) in [5.41, 5.74) is 0. The van der Waals surface area contributed by atoms with Crippen molar-refractivity contribution < 1.29 is 0 Å². The first-order valence-electron chi connectivity index (χ1n) is 7.12. The average Bonchev–Trinajstić information content (AvgIpc) is 2.71. The van der Waals surface area contributed by atoms with Gasteiger partial charge in [0.1, 0.15) is 5.82 Å². The summed E-state index contributed by atoms with van der Waals surface area (Å²) in [7, 11) is 0. The molecule has 1 fully saturated rings. The molecule has 1 aliphatic rings. The van der Waals surface area contributed by atoms with Crippen LogP contribution in [0.2, 0.25) is 5.28 Å². The van der Waals surface area contributed by atoms with Crippen LogP contribution in [0.1, 0.15) is 71.2 Å². The first kappa shape index (κ1) is 13.9. The number of nitrogens with zero attached hydrogens (tertiary/aromatic N) is 3. The lowest BCUT2D eigenvalue weighted by molar-refractivity contribution is 0.180. The summed E-state index contributed by atoms with van der Waals surface area (Å²) in [6.45, 7) is 8.95. The molecule has 102 valence electrons. The van der Waals surface area contributed by atoms with Gasteiger partial charge in [-0.1, -0.05) is 40.5 Å². The van der Waals surface area contributed by atoms with E-state index in [1.54, 1.807) is 0 Å². The molecule has 1 aromatic heterocycles. The van der Waals surface area contributed by atoms with Gasteiger partial charge in [-0.25, -0.2) is 0 Å². The van der Waals surface area contributed by atoms with Gasteiger partial charge >= 0.3 is 0 Å². The van der Waals surface area contributed by atoms with Crippen LogP contribution in [0.25, 0.3) is 0 Å². The summed E-state index contributed by atoms with van der Waals surface area (Å²) in [5.74, 6) is 2.80. The standard InChI is InChI=1S/C14H24ClN3/c1-9(2)11-7-5-6-8-12(11)18-13(10(3)4)16-17-14(18)15/h9-12H,5-8H2,1-4H3. The van der Waals surface area contributed by atoms with Crippen molar-refractivity contribution in [2.24, 2.45) is 11.8 Å². The second-order valence-electron chi connectivity index (χ2n) is 6.11. The van der Waals surface area contributed by atoms with Crippen LogP contribution in [0, 0.1) is 11.8 Å². The molecule has 1 aliphatic carbocycles. The highest BCUT2D eigenvalue weighted by Crippen LogP contribution is 2.40. The second-order valence-corrected chi connectivity index (χ2v) is 6.45. The summed E-state index contributed by atoms with van der Waals surface area (Å²) in [5, 5.41) is 8.92. The zero-order chi connectivity index (χ0) is 13.3. The molecule has 1 aromatic rings. The molecule has 2 atom stereocenters. The van der Waals surface area contributed by atoms with Crippen LogP contribution >= 0.6 is 11.6 Å². The molecule has 2 unspecified atom stereocenters. The first-order valence-corrected chi connectivity index (χ1v) is 7.50. The lowest BCUT2D eigenvalue weighted by Gasteiger charge is -2.36. The predicted molar refractivity (Wildman–Crippen MR) is 75.0 cm³/mol. The van der Waals surface area contributed by atoms with Crippen LogP contribution in [0.5, 0.6) is 0 Å². The molecule has 4 heteroatoms. The fraction of sp³-hybridized carbons (Fsp3) is 0.857. The quantitative estimate of drug-likeness (QED) is 0.812. The fourth-order valence-corrected chi connectivity index (χ4v) is 3.47. The van der Waals surface area contributed by atoms with E-state index in [0.717, 1.165) is 5.82 Å². The molecule has 0 radical (unpaired) electrons. The lowest BCUT2D eigenvalue weighted by Crippen LogP contribution is -2.28. The highest BCUT2D eigenvalue weighted by atomic mass is 35.5. The van der Waals surface area contributed by atoms with Crippen LogP contribution in [0.15, 0.2) is 0 Å². The lowest BCUT2D eigenvalue weighted by atomic mass is 9.77. The van der Waals surface area contributed by atoms with Gasteiger partial charge in [-0.2, -0.15) is 0 Å². The van der Waals surface area contributed by atoms with Crippen LogP contribution in [0.4, 0.5) is 0 Å². The van der Waals surface area contributed by atoms with Crippen molar-refractivity contribution in [1.82, 2.24) is 14.8 Å². The molecule has 18 heavy (non-hydrogen) atoms. The van der Waals surface area contributed by atoms with E-state index in [-0.39, 0.29) is 0 Å².